The Morgan fingerprint density at radius 3 is 2.81 bits per heavy atom. The lowest BCUT2D eigenvalue weighted by Gasteiger charge is -2.29. The van der Waals surface area contributed by atoms with Gasteiger partial charge in [0.05, 0.1) is 11.4 Å². The molecule has 2 aliphatic rings. The van der Waals surface area contributed by atoms with Crippen LogP contribution in [0.25, 0.3) is 0 Å². The molecule has 3 rings (SSSR count). The van der Waals surface area contributed by atoms with Gasteiger partial charge in [-0.05, 0) is 49.3 Å². The standard InChI is InChI=1S/C16H23NO3S/c1-21(18,19)12-5-2-4-11(10-12)20-16-7-3-6-13-14(16)8-9-15(13)17/h3,6-7,11-12,15H,2,4-5,8-10,17H2,1H3. The van der Waals surface area contributed by atoms with Crippen LogP contribution in [-0.4, -0.2) is 26.0 Å². The smallest absolute Gasteiger partial charge is 0.150 e. The van der Waals surface area contributed by atoms with Gasteiger partial charge in [-0.3, -0.25) is 0 Å². The predicted molar refractivity (Wildman–Crippen MR) is 83.2 cm³/mol. The Bertz CT molecular complexity index is 626. The van der Waals surface area contributed by atoms with Crippen LogP contribution in [0.1, 0.15) is 49.3 Å². The molecule has 1 fully saturated rings. The van der Waals surface area contributed by atoms with E-state index in [1.807, 2.05) is 12.1 Å². The molecule has 0 spiro atoms. The summed E-state index contributed by atoms with van der Waals surface area (Å²) in [4.78, 5) is 0. The van der Waals surface area contributed by atoms with E-state index in [9.17, 15) is 8.42 Å². The highest BCUT2D eigenvalue weighted by Gasteiger charge is 2.31. The molecule has 0 heterocycles. The van der Waals surface area contributed by atoms with Crippen LogP contribution >= 0.6 is 0 Å². The number of ether oxygens (including phenoxy) is 1. The van der Waals surface area contributed by atoms with Crippen LogP contribution in [0.2, 0.25) is 0 Å². The Morgan fingerprint density at radius 1 is 1.24 bits per heavy atom. The molecule has 1 aromatic carbocycles. The van der Waals surface area contributed by atoms with Crippen LogP contribution in [0.15, 0.2) is 18.2 Å². The number of sulfone groups is 1. The van der Waals surface area contributed by atoms with Gasteiger partial charge in [0.2, 0.25) is 0 Å². The first kappa shape index (κ1) is 14.9. The molecule has 2 N–H and O–H groups in total. The van der Waals surface area contributed by atoms with E-state index in [1.165, 1.54) is 17.4 Å². The summed E-state index contributed by atoms with van der Waals surface area (Å²) in [5.74, 6) is 0.902. The van der Waals surface area contributed by atoms with E-state index < -0.39 is 9.84 Å². The Hall–Kier alpha value is -1.07. The van der Waals surface area contributed by atoms with Crippen LogP contribution < -0.4 is 10.5 Å². The lowest BCUT2D eigenvalue weighted by Crippen LogP contribution is -2.33. The summed E-state index contributed by atoms with van der Waals surface area (Å²) in [6.07, 6.45) is 6.46. The summed E-state index contributed by atoms with van der Waals surface area (Å²) in [6, 6.07) is 6.15. The first-order chi connectivity index (χ1) is 9.95. The van der Waals surface area contributed by atoms with Crippen molar-refractivity contribution in [3.63, 3.8) is 0 Å². The minimum atomic E-state index is -2.97. The minimum absolute atomic E-state index is 0.00167. The largest absolute Gasteiger partial charge is 0.490 e. The van der Waals surface area contributed by atoms with Crippen LogP contribution in [0.4, 0.5) is 0 Å². The zero-order valence-electron chi connectivity index (χ0n) is 12.4. The van der Waals surface area contributed by atoms with E-state index in [2.05, 4.69) is 6.07 Å². The summed E-state index contributed by atoms with van der Waals surface area (Å²) in [5, 5.41) is -0.254. The summed E-state index contributed by atoms with van der Waals surface area (Å²) in [7, 11) is -2.97. The van der Waals surface area contributed by atoms with E-state index >= 15 is 0 Å². The average molecular weight is 309 g/mol. The molecule has 0 radical (unpaired) electrons. The third-order valence-corrected chi connectivity index (χ3v) is 6.39. The number of rotatable bonds is 3. The highest BCUT2D eigenvalue weighted by Crippen LogP contribution is 2.37. The van der Waals surface area contributed by atoms with Crippen molar-refractivity contribution in [3.05, 3.63) is 29.3 Å². The van der Waals surface area contributed by atoms with Crippen molar-refractivity contribution in [1.82, 2.24) is 0 Å². The topological polar surface area (TPSA) is 69.4 Å². The van der Waals surface area contributed by atoms with Crippen LogP contribution in [0.3, 0.4) is 0 Å². The van der Waals surface area contributed by atoms with Gasteiger partial charge in [-0.15, -0.1) is 0 Å². The van der Waals surface area contributed by atoms with Crippen LogP contribution in [-0.2, 0) is 16.3 Å². The van der Waals surface area contributed by atoms with Gasteiger partial charge in [-0.1, -0.05) is 12.1 Å². The molecule has 116 valence electrons. The van der Waals surface area contributed by atoms with Crippen molar-refractivity contribution < 1.29 is 13.2 Å². The second kappa shape index (κ2) is 5.61. The second-order valence-electron chi connectivity index (χ2n) is 6.33. The fourth-order valence-corrected chi connectivity index (χ4v) is 4.70. The Morgan fingerprint density at radius 2 is 2.05 bits per heavy atom. The normalized spacial score (nSPS) is 29.1. The Kier molecular flexibility index (Phi) is 3.97. The minimum Gasteiger partial charge on any atom is -0.490 e. The maximum atomic E-state index is 11.7. The molecule has 0 amide bonds. The highest BCUT2D eigenvalue weighted by atomic mass is 32.2. The average Bonchev–Trinajstić information content (AvgIpc) is 2.81. The predicted octanol–water partition coefficient (Wildman–Crippen LogP) is 2.37. The molecule has 3 atom stereocenters. The summed E-state index contributed by atoms with van der Waals surface area (Å²) in [5.41, 5.74) is 8.49. The van der Waals surface area contributed by atoms with Gasteiger partial charge in [0, 0.05) is 18.7 Å². The van der Waals surface area contributed by atoms with Gasteiger partial charge in [0.1, 0.15) is 15.6 Å². The van der Waals surface area contributed by atoms with Gasteiger partial charge >= 0.3 is 0 Å². The zero-order valence-corrected chi connectivity index (χ0v) is 13.2. The number of fused-ring (bicyclic) bond motifs is 1. The van der Waals surface area contributed by atoms with Crippen molar-refractivity contribution in [1.29, 1.82) is 0 Å². The van der Waals surface area contributed by atoms with Crippen molar-refractivity contribution in [2.75, 3.05) is 6.26 Å². The lowest BCUT2D eigenvalue weighted by atomic mass is 9.97. The van der Waals surface area contributed by atoms with Crippen molar-refractivity contribution in [2.45, 2.75) is 55.9 Å². The molecule has 3 unspecified atom stereocenters. The fraction of sp³-hybridized carbons (Fsp3) is 0.625. The molecule has 1 saturated carbocycles. The summed E-state index contributed by atoms with van der Waals surface area (Å²) < 4.78 is 29.6. The molecule has 2 aliphatic carbocycles. The number of hydrogen-bond donors (Lipinski definition) is 1. The van der Waals surface area contributed by atoms with E-state index in [1.54, 1.807) is 0 Å². The van der Waals surface area contributed by atoms with Crippen LogP contribution in [0.5, 0.6) is 5.75 Å². The zero-order chi connectivity index (χ0) is 15.0. The molecule has 1 aromatic rings. The quantitative estimate of drug-likeness (QED) is 0.930. The second-order valence-corrected chi connectivity index (χ2v) is 8.65. The third-order valence-electron chi connectivity index (χ3n) is 4.75. The monoisotopic (exact) mass is 309 g/mol. The SMILES string of the molecule is CS(=O)(=O)C1CCCC(Oc2cccc3c2CCC3N)C1. The van der Waals surface area contributed by atoms with Gasteiger partial charge in [-0.2, -0.15) is 0 Å². The molecular weight excluding hydrogens is 286 g/mol. The van der Waals surface area contributed by atoms with Crippen LogP contribution in [0, 0.1) is 0 Å². The van der Waals surface area contributed by atoms with Gasteiger partial charge in [0.15, 0.2) is 0 Å². The molecule has 4 nitrogen and oxygen atoms in total. The Labute approximate surface area is 126 Å². The molecule has 5 heteroatoms. The Balaban J connectivity index is 1.76. The molecular formula is C16H23NO3S. The maximum absolute atomic E-state index is 11.7. The van der Waals surface area contributed by atoms with Gasteiger partial charge in [-0.25, -0.2) is 8.42 Å². The number of nitrogens with two attached hydrogens (primary N) is 1. The van der Waals surface area contributed by atoms with Gasteiger partial charge in [0.25, 0.3) is 0 Å². The van der Waals surface area contributed by atoms with E-state index in [0.717, 1.165) is 37.9 Å². The van der Waals surface area contributed by atoms with E-state index in [4.69, 9.17) is 10.5 Å². The lowest BCUT2D eigenvalue weighted by molar-refractivity contribution is 0.155. The molecule has 0 bridgehead atoms. The van der Waals surface area contributed by atoms with Gasteiger partial charge < -0.3 is 10.5 Å². The summed E-state index contributed by atoms with van der Waals surface area (Å²) in [6.45, 7) is 0. The van der Waals surface area contributed by atoms with Crippen molar-refractivity contribution in [3.8, 4) is 5.75 Å². The maximum Gasteiger partial charge on any atom is 0.150 e. The highest BCUT2D eigenvalue weighted by molar-refractivity contribution is 7.91. The first-order valence-electron chi connectivity index (χ1n) is 7.68. The first-order valence-corrected chi connectivity index (χ1v) is 9.63. The third kappa shape index (κ3) is 3.09. The van der Waals surface area contributed by atoms with E-state index in [-0.39, 0.29) is 17.4 Å². The number of hydrogen-bond acceptors (Lipinski definition) is 4. The molecule has 21 heavy (non-hydrogen) atoms. The fourth-order valence-electron chi connectivity index (χ4n) is 3.54. The number of benzene rings is 1. The van der Waals surface area contributed by atoms with Crippen molar-refractivity contribution in [2.24, 2.45) is 5.73 Å². The van der Waals surface area contributed by atoms with E-state index in [0.29, 0.717) is 6.42 Å². The van der Waals surface area contributed by atoms with Crippen molar-refractivity contribution >= 4 is 9.84 Å². The molecule has 0 saturated heterocycles. The molecule has 0 aromatic heterocycles. The summed E-state index contributed by atoms with van der Waals surface area (Å²) >= 11 is 0. The molecule has 0 aliphatic heterocycles.